The molecule has 0 spiro atoms. The van der Waals surface area contributed by atoms with Crippen LogP contribution in [0.25, 0.3) is 0 Å². The van der Waals surface area contributed by atoms with Crippen LogP contribution >= 0.6 is 11.6 Å². The number of halogens is 2. The van der Waals surface area contributed by atoms with E-state index in [0.29, 0.717) is 11.2 Å². The van der Waals surface area contributed by atoms with Crippen LogP contribution in [0, 0.1) is 5.82 Å². The second kappa shape index (κ2) is 6.63. The molecule has 0 bridgehead atoms. The highest BCUT2D eigenvalue weighted by atomic mass is 35.5. The van der Waals surface area contributed by atoms with Crippen LogP contribution in [0.3, 0.4) is 0 Å². The van der Waals surface area contributed by atoms with Gasteiger partial charge in [-0.25, -0.2) is 9.37 Å². The Morgan fingerprint density at radius 1 is 1.09 bits per heavy atom. The van der Waals surface area contributed by atoms with E-state index < -0.39 is 0 Å². The second-order valence-electron chi connectivity index (χ2n) is 5.59. The van der Waals surface area contributed by atoms with Gasteiger partial charge in [0.1, 0.15) is 11.0 Å². The molecule has 0 aliphatic carbocycles. The van der Waals surface area contributed by atoms with Crippen molar-refractivity contribution in [1.82, 2.24) is 9.88 Å². The lowest BCUT2D eigenvalue weighted by Crippen LogP contribution is -2.47. The van der Waals surface area contributed by atoms with Gasteiger partial charge in [0, 0.05) is 44.1 Å². The number of piperazine rings is 1. The van der Waals surface area contributed by atoms with Crippen molar-refractivity contribution in [3.8, 4) is 0 Å². The average Bonchev–Trinajstić information content (AvgIpc) is 2.55. The molecule has 5 heteroatoms. The molecule has 3 rings (SSSR count). The molecule has 1 aliphatic rings. The first-order valence-electron chi connectivity index (χ1n) is 7.49. The van der Waals surface area contributed by atoms with Crippen LogP contribution in [0.1, 0.15) is 18.5 Å². The van der Waals surface area contributed by atoms with E-state index in [9.17, 15) is 4.39 Å². The van der Waals surface area contributed by atoms with E-state index in [1.54, 1.807) is 6.20 Å². The van der Waals surface area contributed by atoms with Crippen molar-refractivity contribution in [1.29, 1.82) is 0 Å². The van der Waals surface area contributed by atoms with Gasteiger partial charge >= 0.3 is 0 Å². The third-order valence-corrected chi connectivity index (χ3v) is 4.50. The number of nitrogens with zero attached hydrogens (tertiary/aromatic N) is 3. The van der Waals surface area contributed by atoms with Gasteiger partial charge in [-0.15, -0.1) is 0 Å². The van der Waals surface area contributed by atoms with E-state index in [-0.39, 0.29) is 5.82 Å². The molecule has 1 atom stereocenters. The van der Waals surface area contributed by atoms with Crippen molar-refractivity contribution in [2.45, 2.75) is 13.0 Å². The smallest absolute Gasteiger partial charge is 0.131 e. The summed E-state index contributed by atoms with van der Waals surface area (Å²) in [5, 5.41) is 0.527. The van der Waals surface area contributed by atoms with Crippen molar-refractivity contribution < 1.29 is 4.39 Å². The number of rotatable bonds is 3. The lowest BCUT2D eigenvalue weighted by molar-refractivity contribution is 0.198. The Bertz CT molecular complexity index is 624. The van der Waals surface area contributed by atoms with Crippen molar-refractivity contribution in [3.05, 3.63) is 59.1 Å². The molecule has 116 valence electrons. The number of benzene rings is 1. The standard InChI is InChI=1S/C17H19ClFN3/c1-13(14-2-4-15(19)5-3-14)21-8-10-22(11-9-21)16-6-7-20-17(18)12-16/h2-7,12-13H,8-11H2,1H3/t13-/m1/s1. The van der Waals surface area contributed by atoms with Crippen LogP contribution in [0.5, 0.6) is 0 Å². The van der Waals surface area contributed by atoms with Crippen molar-refractivity contribution >= 4 is 17.3 Å². The molecule has 2 aromatic rings. The minimum atomic E-state index is -0.185. The molecule has 0 amide bonds. The quantitative estimate of drug-likeness (QED) is 0.803. The largest absolute Gasteiger partial charge is 0.369 e. The van der Waals surface area contributed by atoms with Crippen LogP contribution in [0.4, 0.5) is 10.1 Å². The molecule has 0 saturated carbocycles. The third-order valence-electron chi connectivity index (χ3n) is 4.29. The summed E-state index contributed by atoms with van der Waals surface area (Å²) in [6.45, 7) is 6.01. The average molecular weight is 320 g/mol. The second-order valence-corrected chi connectivity index (χ2v) is 5.97. The predicted octanol–water partition coefficient (Wildman–Crippen LogP) is 3.76. The van der Waals surface area contributed by atoms with E-state index in [2.05, 4.69) is 21.7 Å². The van der Waals surface area contributed by atoms with E-state index in [4.69, 9.17) is 11.6 Å². The summed E-state index contributed by atoms with van der Waals surface area (Å²) in [4.78, 5) is 8.77. The Morgan fingerprint density at radius 3 is 2.41 bits per heavy atom. The summed E-state index contributed by atoms with van der Waals surface area (Å²) in [6.07, 6.45) is 1.74. The highest BCUT2D eigenvalue weighted by Crippen LogP contribution is 2.24. The van der Waals surface area contributed by atoms with Gasteiger partial charge in [-0.05, 0) is 36.8 Å². The summed E-state index contributed by atoms with van der Waals surface area (Å²) >= 11 is 5.96. The number of hydrogen-bond acceptors (Lipinski definition) is 3. The molecule has 22 heavy (non-hydrogen) atoms. The molecule has 1 aromatic carbocycles. The third kappa shape index (κ3) is 3.39. The van der Waals surface area contributed by atoms with Gasteiger partial charge in [-0.3, -0.25) is 4.90 Å². The SMILES string of the molecule is C[C@H](c1ccc(F)cc1)N1CCN(c2ccnc(Cl)c2)CC1. The summed E-state index contributed by atoms with van der Waals surface area (Å²) < 4.78 is 13.0. The minimum absolute atomic E-state index is 0.185. The lowest BCUT2D eigenvalue weighted by atomic mass is 10.1. The number of aromatic nitrogens is 1. The van der Waals surface area contributed by atoms with Gasteiger partial charge in [0.05, 0.1) is 0 Å². The Morgan fingerprint density at radius 2 is 1.77 bits per heavy atom. The van der Waals surface area contributed by atoms with E-state index in [1.165, 1.54) is 12.1 Å². The highest BCUT2D eigenvalue weighted by Gasteiger charge is 2.22. The summed E-state index contributed by atoms with van der Waals surface area (Å²) in [5.41, 5.74) is 2.27. The first-order valence-corrected chi connectivity index (χ1v) is 7.87. The van der Waals surface area contributed by atoms with Crippen LogP contribution < -0.4 is 4.90 Å². The number of anilines is 1. The molecule has 2 heterocycles. The number of pyridine rings is 1. The zero-order valence-electron chi connectivity index (χ0n) is 12.5. The van der Waals surface area contributed by atoms with Gasteiger partial charge in [-0.1, -0.05) is 23.7 Å². The molecule has 1 fully saturated rings. The Balaban J connectivity index is 1.62. The van der Waals surface area contributed by atoms with Gasteiger partial charge < -0.3 is 4.90 Å². The molecule has 0 N–H and O–H groups in total. The fourth-order valence-electron chi connectivity index (χ4n) is 2.91. The fourth-order valence-corrected chi connectivity index (χ4v) is 3.08. The normalized spacial score (nSPS) is 17.5. The molecule has 0 radical (unpaired) electrons. The van der Waals surface area contributed by atoms with Crippen LogP contribution in [-0.4, -0.2) is 36.1 Å². The Hall–Kier alpha value is -1.65. The fraction of sp³-hybridized carbons (Fsp3) is 0.353. The maximum Gasteiger partial charge on any atom is 0.131 e. The molecule has 3 nitrogen and oxygen atoms in total. The monoisotopic (exact) mass is 319 g/mol. The van der Waals surface area contributed by atoms with Crippen molar-refractivity contribution in [3.63, 3.8) is 0 Å². The predicted molar refractivity (Wildman–Crippen MR) is 87.8 cm³/mol. The van der Waals surface area contributed by atoms with Gasteiger partial charge in [-0.2, -0.15) is 0 Å². The van der Waals surface area contributed by atoms with Gasteiger partial charge in [0.15, 0.2) is 0 Å². The Kier molecular flexibility index (Phi) is 4.60. The Labute approximate surface area is 135 Å². The van der Waals surface area contributed by atoms with Gasteiger partial charge in [0.25, 0.3) is 0 Å². The summed E-state index contributed by atoms with van der Waals surface area (Å²) in [6, 6.07) is 11.0. The van der Waals surface area contributed by atoms with Crippen molar-refractivity contribution in [2.24, 2.45) is 0 Å². The van der Waals surface area contributed by atoms with Crippen LogP contribution in [0.2, 0.25) is 5.15 Å². The van der Waals surface area contributed by atoms with E-state index in [0.717, 1.165) is 37.4 Å². The first kappa shape index (κ1) is 15.3. The van der Waals surface area contributed by atoms with Crippen LogP contribution in [-0.2, 0) is 0 Å². The lowest BCUT2D eigenvalue weighted by Gasteiger charge is -2.39. The van der Waals surface area contributed by atoms with Gasteiger partial charge in [0.2, 0.25) is 0 Å². The zero-order chi connectivity index (χ0) is 15.5. The topological polar surface area (TPSA) is 19.4 Å². The summed E-state index contributed by atoms with van der Waals surface area (Å²) in [7, 11) is 0. The minimum Gasteiger partial charge on any atom is -0.369 e. The van der Waals surface area contributed by atoms with Crippen LogP contribution in [0.15, 0.2) is 42.6 Å². The van der Waals surface area contributed by atoms with Crippen molar-refractivity contribution in [2.75, 3.05) is 31.1 Å². The molecule has 0 unspecified atom stereocenters. The maximum absolute atomic E-state index is 13.0. The number of hydrogen-bond donors (Lipinski definition) is 0. The first-order chi connectivity index (χ1) is 10.6. The van der Waals surface area contributed by atoms with E-state index in [1.807, 2.05) is 24.3 Å². The highest BCUT2D eigenvalue weighted by molar-refractivity contribution is 6.29. The molecule has 1 saturated heterocycles. The van der Waals surface area contributed by atoms with E-state index >= 15 is 0 Å². The molecular formula is C17H19ClFN3. The molecule has 1 aromatic heterocycles. The zero-order valence-corrected chi connectivity index (χ0v) is 13.3. The maximum atomic E-state index is 13.0. The summed E-state index contributed by atoms with van der Waals surface area (Å²) in [5.74, 6) is -0.185. The molecular weight excluding hydrogens is 301 g/mol. The molecule has 1 aliphatic heterocycles.